The number of nitrogens with one attached hydrogen (secondary N) is 1. The van der Waals surface area contributed by atoms with Gasteiger partial charge in [-0.25, -0.2) is 9.59 Å². The van der Waals surface area contributed by atoms with Crippen molar-refractivity contribution in [1.29, 1.82) is 0 Å². The standard InChI is InChI=1S/C22H24N4O3S/c1-29-21(27)19(13-16-7-3-2-4-8-16)23-22(28)25-10-6-11-26-17(15-25)14-18(24-26)20-9-5-12-30-20/h2-5,7-9,12,14,19H,6,10-11,13,15H2,1H3,(H,23,28)/t19-/m1/s1. The molecule has 1 N–H and O–H groups in total. The molecule has 1 aliphatic heterocycles. The molecule has 0 saturated heterocycles. The molecule has 4 rings (SSSR count). The summed E-state index contributed by atoms with van der Waals surface area (Å²) in [6.45, 7) is 1.81. The normalized spacial score (nSPS) is 14.5. The van der Waals surface area contributed by atoms with E-state index in [1.165, 1.54) is 7.11 Å². The van der Waals surface area contributed by atoms with E-state index < -0.39 is 12.0 Å². The number of amides is 2. The maximum atomic E-state index is 13.0. The largest absolute Gasteiger partial charge is 0.467 e. The first-order valence-electron chi connectivity index (χ1n) is 9.92. The molecule has 3 aromatic rings. The zero-order valence-electron chi connectivity index (χ0n) is 16.8. The van der Waals surface area contributed by atoms with Gasteiger partial charge in [-0.05, 0) is 29.5 Å². The number of urea groups is 1. The fraction of sp³-hybridized carbons (Fsp3) is 0.318. The van der Waals surface area contributed by atoms with Gasteiger partial charge in [0.05, 0.1) is 24.2 Å². The topological polar surface area (TPSA) is 76.5 Å². The second kappa shape index (κ2) is 9.13. The number of ether oxygens (including phenoxy) is 1. The molecule has 1 aromatic carbocycles. The minimum atomic E-state index is -0.736. The van der Waals surface area contributed by atoms with Crippen molar-refractivity contribution in [2.24, 2.45) is 0 Å². The zero-order chi connectivity index (χ0) is 20.9. The molecule has 0 radical (unpaired) electrons. The van der Waals surface area contributed by atoms with Crippen molar-refractivity contribution in [3.8, 4) is 10.6 Å². The van der Waals surface area contributed by atoms with Crippen LogP contribution in [0.3, 0.4) is 0 Å². The Bertz CT molecular complexity index is 1000. The van der Waals surface area contributed by atoms with E-state index >= 15 is 0 Å². The van der Waals surface area contributed by atoms with Gasteiger partial charge in [0.25, 0.3) is 0 Å². The highest BCUT2D eigenvalue weighted by Gasteiger charge is 2.27. The fourth-order valence-electron chi connectivity index (χ4n) is 3.61. The molecule has 30 heavy (non-hydrogen) atoms. The summed E-state index contributed by atoms with van der Waals surface area (Å²) < 4.78 is 6.89. The van der Waals surface area contributed by atoms with Crippen molar-refractivity contribution >= 4 is 23.3 Å². The lowest BCUT2D eigenvalue weighted by Gasteiger charge is -2.24. The van der Waals surface area contributed by atoms with E-state index in [4.69, 9.17) is 9.84 Å². The molecule has 2 amide bonds. The van der Waals surface area contributed by atoms with Gasteiger partial charge in [0, 0.05) is 19.5 Å². The molecule has 8 heteroatoms. The van der Waals surface area contributed by atoms with Crippen LogP contribution < -0.4 is 5.32 Å². The third kappa shape index (κ3) is 4.54. The molecule has 0 saturated carbocycles. The molecular formula is C22H24N4O3S. The van der Waals surface area contributed by atoms with Gasteiger partial charge in [0.1, 0.15) is 11.7 Å². The van der Waals surface area contributed by atoms with Crippen LogP contribution in [0.2, 0.25) is 0 Å². The number of hydrogen-bond acceptors (Lipinski definition) is 5. The van der Waals surface area contributed by atoms with Crippen LogP contribution in [0.5, 0.6) is 0 Å². The Morgan fingerprint density at radius 1 is 1.20 bits per heavy atom. The maximum absolute atomic E-state index is 13.0. The summed E-state index contributed by atoms with van der Waals surface area (Å²) in [6.07, 6.45) is 1.18. The number of nitrogens with zero attached hydrogens (tertiary/aromatic N) is 3. The van der Waals surface area contributed by atoms with Gasteiger partial charge in [-0.15, -0.1) is 11.3 Å². The Kier molecular flexibility index (Phi) is 6.13. The number of aromatic nitrogens is 2. The molecule has 1 atom stereocenters. The first-order valence-corrected chi connectivity index (χ1v) is 10.8. The molecule has 0 aliphatic carbocycles. The third-order valence-corrected chi connectivity index (χ3v) is 6.03. The Labute approximate surface area is 179 Å². The van der Waals surface area contributed by atoms with Crippen LogP contribution in [0.4, 0.5) is 4.79 Å². The van der Waals surface area contributed by atoms with Crippen LogP contribution in [-0.4, -0.2) is 46.4 Å². The highest BCUT2D eigenvalue weighted by atomic mass is 32.1. The molecular weight excluding hydrogens is 400 g/mol. The Morgan fingerprint density at radius 2 is 2.03 bits per heavy atom. The minimum absolute atomic E-state index is 0.270. The number of carbonyl (C=O) groups excluding carboxylic acids is 2. The van der Waals surface area contributed by atoms with Gasteiger partial charge in [0.15, 0.2) is 0 Å². The molecule has 0 bridgehead atoms. The summed E-state index contributed by atoms with van der Waals surface area (Å²) in [6, 6.07) is 14.7. The lowest BCUT2D eigenvalue weighted by molar-refractivity contribution is -0.142. The van der Waals surface area contributed by atoms with E-state index in [1.54, 1.807) is 16.2 Å². The van der Waals surface area contributed by atoms with Crippen molar-refractivity contribution in [3.05, 3.63) is 65.2 Å². The van der Waals surface area contributed by atoms with Gasteiger partial charge < -0.3 is 15.0 Å². The number of fused-ring (bicyclic) bond motifs is 1. The van der Waals surface area contributed by atoms with Crippen molar-refractivity contribution in [3.63, 3.8) is 0 Å². The van der Waals surface area contributed by atoms with Gasteiger partial charge >= 0.3 is 12.0 Å². The molecule has 2 aromatic heterocycles. The van der Waals surface area contributed by atoms with E-state index in [9.17, 15) is 9.59 Å². The quantitative estimate of drug-likeness (QED) is 0.638. The SMILES string of the molecule is COC(=O)[C@@H](Cc1ccccc1)NC(=O)N1CCCn2nc(-c3cccs3)cc2C1. The highest BCUT2D eigenvalue weighted by molar-refractivity contribution is 7.13. The monoisotopic (exact) mass is 424 g/mol. The van der Waals surface area contributed by atoms with Crippen molar-refractivity contribution < 1.29 is 14.3 Å². The molecule has 7 nitrogen and oxygen atoms in total. The predicted octanol–water partition coefficient (Wildman–Crippen LogP) is 3.31. The van der Waals surface area contributed by atoms with Gasteiger partial charge in [-0.3, -0.25) is 4.68 Å². The Hall–Kier alpha value is -3.13. The van der Waals surface area contributed by atoms with E-state index in [1.807, 2.05) is 58.6 Å². The summed E-state index contributed by atoms with van der Waals surface area (Å²) in [5.41, 5.74) is 2.88. The van der Waals surface area contributed by atoms with E-state index in [-0.39, 0.29) is 6.03 Å². The first-order chi connectivity index (χ1) is 14.6. The summed E-state index contributed by atoms with van der Waals surface area (Å²) in [5, 5.41) is 9.59. The van der Waals surface area contributed by atoms with Gasteiger partial charge in [-0.1, -0.05) is 36.4 Å². The zero-order valence-corrected chi connectivity index (χ0v) is 17.6. The predicted molar refractivity (Wildman–Crippen MR) is 115 cm³/mol. The van der Waals surface area contributed by atoms with E-state index in [2.05, 4.69) is 5.32 Å². The highest BCUT2D eigenvalue weighted by Crippen LogP contribution is 2.26. The molecule has 3 heterocycles. The number of methoxy groups -OCH3 is 1. The van der Waals surface area contributed by atoms with Crippen molar-refractivity contribution in [2.45, 2.75) is 32.0 Å². The number of thiophene rings is 1. The summed E-state index contributed by atoms with van der Waals surface area (Å²) in [5.74, 6) is -0.452. The Morgan fingerprint density at radius 3 is 2.77 bits per heavy atom. The van der Waals surface area contributed by atoms with E-state index in [0.717, 1.165) is 34.8 Å². The average Bonchev–Trinajstić information content (AvgIpc) is 3.39. The molecule has 0 spiro atoms. The number of benzene rings is 1. The second-order valence-electron chi connectivity index (χ2n) is 7.21. The lowest BCUT2D eigenvalue weighted by atomic mass is 10.1. The summed E-state index contributed by atoms with van der Waals surface area (Å²) in [7, 11) is 1.34. The van der Waals surface area contributed by atoms with Crippen molar-refractivity contribution in [1.82, 2.24) is 20.0 Å². The molecule has 1 aliphatic rings. The van der Waals surface area contributed by atoms with Gasteiger partial charge in [-0.2, -0.15) is 5.10 Å². The average molecular weight is 425 g/mol. The van der Waals surface area contributed by atoms with Crippen molar-refractivity contribution in [2.75, 3.05) is 13.7 Å². The summed E-state index contributed by atoms with van der Waals surface area (Å²) in [4.78, 5) is 28.1. The molecule has 0 fully saturated rings. The molecule has 156 valence electrons. The smallest absolute Gasteiger partial charge is 0.328 e. The number of esters is 1. The van der Waals surface area contributed by atoms with Crippen LogP contribution in [0.15, 0.2) is 53.9 Å². The number of aryl methyl sites for hydroxylation is 1. The fourth-order valence-corrected chi connectivity index (χ4v) is 4.29. The maximum Gasteiger partial charge on any atom is 0.328 e. The van der Waals surface area contributed by atoms with Crippen LogP contribution in [0.1, 0.15) is 17.7 Å². The molecule has 0 unspecified atom stereocenters. The van der Waals surface area contributed by atoms with Crippen LogP contribution in [-0.2, 0) is 29.0 Å². The third-order valence-electron chi connectivity index (χ3n) is 5.14. The van der Waals surface area contributed by atoms with Crippen LogP contribution in [0, 0.1) is 0 Å². The second-order valence-corrected chi connectivity index (χ2v) is 8.16. The lowest BCUT2D eigenvalue weighted by Crippen LogP contribution is -2.49. The number of hydrogen-bond donors (Lipinski definition) is 1. The Balaban J connectivity index is 1.47. The van der Waals surface area contributed by atoms with Crippen LogP contribution >= 0.6 is 11.3 Å². The number of rotatable bonds is 5. The number of carbonyl (C=O) groups is 2. The first kappa shape index (κ1) is 20.2. The summed E-state index contributed by atoms with van der Waals surface area (Å²) >= 11 is 1.65. The van der Waals surface area contributed by atoms with Crippen LogP contribution in [0.25, 0.3) is 10.6 Å². The minimum Gasteiger partial charge on any atom is -0.467 e. The van der Waals surface area contributed by atoms with Gasteiger partial charge in [0.2, 0.25) is 0 Å². The van der Waals surface area contributed by atoms with E-state index in [0.29, 0.717) is 19.5 Å².